The van der Waals surface area contributed by atoms with Crippen molar-refractivity contribution < 1.29 is 19.1 Å². The number of ether oxygens (including phenoxy) is 2. The van der Waals surface area contributed by atoms with Crippen LogP contribution < -0.4 is 0 Å². The number of aromatic nitrogens is 4. The molecule has 0 saturated carbocycles. The number of rotatable bonds is 5. The molecule has 0 radical (unpaired) electrons. The average molecular weight is 681 g/mol. The average Bonchev–Trinajstić information content (AvgIpc) is 3.87. The van der Waals surface area contributed by atoms with E-state index in [1.807, 2.05) is 53.9 Å². The number of nitrogens with one attached hydrogen (secondary N) is 2. The smallest absolute Gasteiger partial charge is 0.410 e. The standard InChI is InChI=1S/C38H44N6O4S/c1-37(2,3)47-35(45)43-17-7-9-29(43)33-39-21-27(41-33)25-13-11-24-20-26(14-12-23(24)19-25)31-15-16-32(49-31)28-22-40-34(42-28)30-10-8-18-44(30)36(46)48-38(4,5)6/h11-16,19-22,29-30H,7-10,17-18H2,1-6H3,(H,39,41)(H,40,42). The van der Waals surface area contributed by atoms with Gasteiger partial charge in [-0.1, -0.05) is 24.3 Å². The maximum atomic E-state index is 12.8. The van der Waals surface area contributed by atoms with Gasteiger partial charge in [-0.2, -0.15) is 0 Å². The van der Waals surface area contributed by atoms with Crippen LogP contribution in [-0.2, 0) is 9.47 Å². The first-order chi connectivity index (χ1) is 23.3. The number of H-pyrrole nitrogens is 2. The first kappa shape index (κ1) is 32.9. The zero-order valence-electron chi connectivity index (χ0n) is 29.0. The van der Waals surface area contributed by atoms with E-state index in [0.29, 0.717) is 13.1 Å². The molecular formula is C38H44N6O4S. The Balaban J connectivity index is 1.05. The zero-order chi connectivity index (χ0) is 34.5. The van der Waals surface area contributed by atoms with Gasteiger partial charge in [0.25, 0.3) is 0 Å². The molecule has 0 spiro atoms. The van der Waals surface area contributed by atoms with E-state index in [2.05, 4.69) is 68.5 Å². The molecule has 49 heavy (non-hydrogen) atoms. The maximum absolute atomic E-state index is 12.8. The Morgan fingerprint density at radius 1 is 0.694 bits per heavy atom. The van der Waals surface area contributed by atoms with E-state index >= 15 is 0 Å². The number of thiophene rings is 1. The molecule has 2 amide bonds. The summed E-state index contributed by atoms with van der Waals surface area (Å²) in [6, 6.07) is 17.0. The van der Waals surface area contributed by atoms with Crippen LogP contribution in [0.4, 0.5) is 9.59 Å². The maximum Gasteiger partial charge on any atom is 0.410 e. The number of carbonyl (C=O) groups is 2. The highest BCUT2D eigenvalue weighted by Crippen LogP contribution is 2.38. The summed E-state index contributed by atoms with van der Waals surface area (Å²) in [7, 11) is 0. The lowest BCUT2D eigenvalue weighted by molar-refractivity contribution is 0.0208. The number of likely N-dealkylation sites (tertiary alicyclic amines) is 2. The van der Waals surface area contributed by atoms with Gasteiger partial charge < -0.3 is 19.4 Å². The summed E-state index contributed by atoms with van der Waals surface area (Å²) in [6.07, 6.45) is 6.68. The lowest BCUT2D eigenvalue weighted by atomic mass is 10.0. The highest BCUT2D eigenvalue weighted by Gasteiger charge is 2.36. The van der Waals surface area contributed by atoms with Gasteiger partial charge in [-0.05, 0) is 108 Å². The van der Waals surface area contributed by atoms with Crippen molar-refractivity contribution in [3.05, 3.63) is 72.6 Å². The molecule has 2 aliphatic rings. The Labute approximate surface area is 290 Å². The summed E-state index contributed by atoms with van der Waals surface area (Å²) in [4.78, 5) is 47.8. The largest absolute Gasteiger partial charge is 0.444 e. The van der Waals surface area contributed by atoms with Gasteiger partial charge in [0.2, 0.25) is 0 Å². The number of imidazole rings is 2. The number of fused-ring (bicyclic) bond motifs is 1. The van der Waals surface area contributed by atoms with Crippen molar-refractivity contribution in [2.45, 2.75) is 90.5 Å². The summed E-state index contributed by atoms with van der Waals surface area (Å²) in [5.41, 5.74) is 2.98. The van der Waals surface area contributed by atoms with Gasteiger partial charge in [0.15, 0.2) is 0 Å². The van der Waals surface area contributed by atoms with Crippen molar-refractivity contribution in [3.63, 3.8) is 0 Å². The van der Waals surface area contributed by atoms with Crippen LogP contribution in [0.2, 0.25) is 0 Å². The van der Waals surface area contributed by atoms with Crippen molar-refractivity contribution in [2.24, 2.45) is 0 Å². The topological polar surface area (TPSA) is 116 Å². The monoisotopic (exact) mass is 680 g/mol. The Morgan fingerprint density at radius 2 is 1.18 bits per heavy atom. The molecular weight excluding hydrogens is 637 g/mol. The van der Waals surface area contributed by atoms with E-state index in [0.717, 1.165) is 80.4 Å². The van der Waals surface area contributed by atoms with E-state index in [1.54, 1.807) is 21.1 Å². The molecule has 5 heterocycles. The number of hydrogen-bond donors (Lipinski definition) is 2. The molecule has 3 aromatic heterocycles. The zero-order valence-corrected chi connectivity index (χ0v) is 29.8. The van der Waals surface area contributed by atoms with Crippen molar-refractivity contribution in [3.8, 4) is 32.3 Å². The lowest BCUT2D eigenvalue weighted by Gasteiger charge is -2.27. The summed E-state index contributed by atoms with van der Waals surface area (Å²) in [5, 5.41) is 2.28. The molecule has 2 saturated heterocycles. The number of hydrogen-bond acceptors (Lipinski definition) is 7. The molecule has 2 unspecified atom stereocenters. The van der Waals surface area contributed by atoms with Gasteiger partial charge in [-0.3, -0.25) is 9.80 Å². The quantitative estimate of drug-likeness (QED) is 0.191. The van der Waals surface area contributed by atoms with Gasteiger partial charge in [0.05, 0.1) is 40.7 Å². The Hall–Kier alpha value is -4.64. The minimum Gasteiger partial charge on any atom is -0.444 e. The van der Waals surface area contributed by atoms with E-state index in [1.165, 1.54) is 0 Å². The summed E-state index contributed by atoms with van der Waals surface area (Å²) in [5.74, 6) is 1.58. The molecule has 2 N–H and O–H groups in total. The van der Waals surface area contributed by atoms with Gasteiger partial charge in [0, 0.05) is 23.5 Å². The van der Waals surface area contributed by atoms with E-state index in [9.17, 15) is 9.59 Å². The van der Waals surface area contributed by atoms with Crippen LogP contribution in [-0.4, -0.2) is 66.2 Å². The minimum atomic E-state index is -0.539. The third-order valence-electron chi connectivity index (χ3n) is 8.89. The Kier molecular flexibility index (Phi) is 8.50. The summed E-state index contributed by atoms with van der Waals surface area (Å²) >= 11 is 1.71. The first-order valence-corrected chi connectivity index (χ1v) is 17.9. The van der Waals surface area contributed by atoms with Crippen LogP contribution in [0, 0.1) is 0 Å². The van der Waals surface area contributed by atoms with Crippen LogP contribution in [0.3, 0.4) is 0 Å². The summed E-state index contributed by atoms with van der Waals surface area (Å²) in [6.45, 7) is 12.7. The molecule has 0 aliphatic carbocycles. The van der Waals surface area contributed by atoms with Crippen LogP contribution in [0.1, 0.15) is 91.0 Å². The number of aromatic amines is 2. The second-order valence-corrected chi connectivity index (χ2v) is 16.1. The Bertz CT molecular complexity index is 2000. The van der Waals surface area contributed by atoms with Crippen LogP contribution in [0.5, 0.6) is 0 Å². The molecule has 256 valence electrons. The molecule has 2 atom stereocenters. The predicted octanol–water partition coefficient (Wildman–Crippen LogP) is 9.49. The minimum absolute atomic E-state index is 0.114. The first-order valence-electron chi connectivity index (χ1n) is 17.1. The number of amides is 2. The number of carbonyl (C=O) groups excluding carboxylic acids is 2. The lowest BCUT2D eigenvalue weighted by Crippen LogP contribution is -2.36. The molecule has 2 aromatic carbocycles. The van der Waals surface area contributed by atoms with Gasteiger partial charge in [-0.15, -0.1) is 11.3 Å². The molecule has 7 rings (SSSR count). The van der Waals surface area contributed by atoms with E-state index in [-0.39, 0.29) is 24.3 Å². The van der Waals surface area contributed by atoms with Crippen molar-refractivity contribution in [1.82, 2.24) is 29.7 Å². The van der Waals surface area contributed by atoms with Crippen LogP contribution in [0.25, 0.3) is 43.0 Å². The molecule has 10 nitrogen and oxygen atoms in total. The van der Waals surface area contributed by atoms with E-state index < -0.39 is 11.2 Å². The van der Waals surface area contributed by atoms with Crippen LogP contribution in [0.15, 0.2) is 60.9 Å². The molecule has 5 aromatic rings. The Morgan fingerprint density at radius 3 is 1.76 bits per heavy atom. The molecule has 2 fully saturated rings. The van der Waals surface area contributed by atoms with Crippen LogP contribution >= 0.6 is 11.3 Å². The molecule has 2 aliphatic heterocycles. The number of benzene rings is 2. The third-order valence-corrected chi connectivity index (χ3v) is 10.1. The SMILES string of the molecule is CC(C)(C)OC(=O)N1CCCC1c1ncc(-c2ccc3cc(-c4ccc(-c5cnc(C6CCCN6C(=O)OC(C)(C)C)[nH]5)s4)ccc3c2)[nH]1. The van der Waals surface area contributed by atoms with Gasteiger partial charge in [0.1, 0.15) is 22.9 Å². The fourth-order valence-electron chi connectivity index (χ4n) is 6.67. The van der Waals surface area contributed by atoms with Crippen molar-refractivity contribution >= 4 is 34.3 Å². The van der Waals surface area contributed by atoms with Crippen molar-refractivity contribution in [2.75, 3.05) is 13.1 Å². The number of nitrogens with zero attached hydrogens (tertiary/aromatic N) is 4. The third kappa shape index (κ3) is 7.08. The highest BCUT2D eigenvalue weighted by atomic mass is 32.1. The predicted molar refractivity (Wildman–Crippen MR) is 192 cm³/mol. The fourth-order valence-corrected chi connectivity index (χ4v) is 7.64. The van der Waals surface area contributed by atoms with Gasteiger partial charge in [-0.25, -0.2) is 19.6 Å². The second kappa shape index (κ2) is 12.7. The normalized spacial score (nSPS) is 18.4. The second-order valence-electron chi connectivity index (χ2n) is 15.0. The highest BCUT2D eigenvalue weighted by molar-refractivity contribution is 7.18. The van der Waals surface area contributed by atoms with E-state index in [4.69, 9.17) is 9.47 Å². The van der Waals surface area contributed by atoms with Gasteiger partial charge >= 0.3 is 12.2 Å². The van der Waals surface area contributed by atoms with Crippen molar-refractivity contribution in [1.29, 1.82) is 0 Å². The summed E-state index contributed by atoms with van der Waals surface area (Å²) < 4.78 is 11.3. The fraction of sp³-hybridized carbons (Fsp3) is 0.421. The molecule has 0 bridgehead atoms. The molecule has 11 heteroatoms.